The average Bonchev–Trinajstić information content (AvgIpc) is 2.09. The lowest BCUT2D eigenvalue weighted by atomic mass is 9.86. The number of carbonyl (C=O) groups excluding carboxylic acids is 2. The largest absolute Gasteiger partial charge is 0.471 e. The van der Waals surface area contributed by atoms with Crippen molar-refractivity contribution >= 4 is 11.9 Å². The number of methoxy groups -OCH3 is 1. The molecule has 0 aliphatic carbocycles. The van der Waals surface area contributed by atoms with E-state index in [9.17, 15) is 22.8 Å². The highest BCUT2D eigenvalue weighted by atomic mass is 19.4. The smallest absolute Gasteiger partial charge is 0.467 e. The van der Waals surface area contributed by atoms with E-state index in [4.69, 9.17) is 0 Å². The topological polar surface area (TPSA) is 55.4 Å². The zero-order chi connectivity index (χ0) is 13.1. The molecule has 16 heavy (non-hydrogen) atoms. The first-order valence-corrected chi connectivity index (χ1v) is 4.45. The van der Waals surface area contributed by atoms with Crippen molar-refractivity contribution in [1.82, 2.24) is 5.32 Å². The molecule has 0 aromatic rings. The van der Waals surface area contributed by atoms with Gasteiger partial charge in [-0.2, -0.15) is 13.2 Å². The Morgan fingerprint density at radius 3 is 1.88 bits per heavy atom. The maximum Gasteiger partial charge on any atom is 0.471 e. The number of halogens is 3. The summed E-state index contributed by atoms with van der Waals surface area (Å²) in [5.74, 6) is -3.07. The Morgan fingerprint density at radius 2 is 1.62 bits per heavy atom. The molecule has 94 valence electrons. The van der Waals surface area contributed by atoms with Crippen LogP contribution >= 0.6 is 0 Å². The number of nitrogens with one attached hydrogen (secondary N) is 1. The monoisotopic (exact) mass is 241 g/mol. The van der Waals surface area contributed by atoms with E-state index in [2.05, 4.69) is 4.74 Å². The van der Waals surface area contributed by atoms with Crippen molar-refractivity contribution < 1.29 is 27.5 Å². The van der Waals surface area contributed by atoms with E-state index in [0.717, 1.165) is 7.11 Å². The Kier molecular flexibility index (Phi) is 4.34. The Hall–Kier alpha value is -1.27. The van der Waals surface area contributed by atoms with Gasteiger partial charge in [0.25, 0.3) is 0 Å². The summed E-state index contributed by atoms with van der Waals surface area (Å²) in [6.07, 6.45) is -5.02. The molecule has 0 radical (unpaired) electrons. The number of amides is 1. The van der Waals surface area contributed by atoms with Gasteiger partial charge in [0.15, 0.2) is 0 Å². The first kappa shape index (κ1) is 14.7. The molecule has 1 atom stereocenters. The van der Waals surface area contributed by atoms with Crippen LogP contribution in [0.4, 0.5) is 13.2 Å². The molecular weight excluding hydrogens is 227 g/mol. The molecule has 1 N–H and O–H groups in total. The molecule has 0 heterocycles. The summed E-state index contributed by atoms with van der Waals surface area (Å²) in [6.45, 7) is 4.56. The molecule has 0 aliphatic heterocycles. The van der Waals surface area contributed by atoms with Crippen LogP contribution in [0.2, 0.25) is 0 Å². The summed E-state index contributed by atoms with van der Waals surface area (Å²) in [4.78, 5) is 21.9. The van der Waals surface area contributed by atoms with Gasteiger partial charge in [-0.1, -0.05) is 20.8 Å². The second-order valence-electron chi connectivity index (χ2n) is 4.29. The fourth-order valence-corrected chi connectivity index (χ4v) is 0.960. The van der Waals surface area contributed by atoms with E-state index >= 15 is 0 Å². The molecule has 0 aromatic heterocycles. The van der Waals surface area contributed by atoms with Crippen molar-refractivity contribution in [3.05, 3.63) is 0 Å². The molecule has 4 nitrogen and oxygen atoms in total. The average molecular weight is 241 g/mol. The number of esters is 1. The fourth-order valence-electron chi connectivity index (χ4n) is 0.960. The molecule has 0 saturated heterocycles. The van der Waals surface area contributed by atoms with Crippen LogP contribution in [0.1, 0.15) is 20.8 Å². The first-order valence-electron chi connectivity index (χ1n) is 4.45. The van der Waals surface area contributed by atoms with Gasteiger partial charge in [0, 0.05) is 0 Å². The van der Waals surface area contributed by atoms with Crippen molar-refractivity contribution in [2.24, 2.45) is 5.41 Å². The fraction of sp³-hybridized carbons (Fsp3) is 0.778. The predicted molar refractivity (Wildman–Crippen MR) is 49.5 cm³/mol. The maximum absolute atomic E-state index is 12.0. The van der Waals surface area contributed by atoms with Crippen molar-refractivity contribution in [2.45, 2.75) is 33.0 Å². The summed E-state index contributed by atoms with van der Waals surface area (Å²) >= 11 is 0. The highest BCUT2D eigenvalue weighted by molar-refractivity contribution is 5.87. The Labute approximate surface area is 91.1 Å². The van der Waals surface area contributed by atoms with Gasteiger partial charge in [-0.3, -0.25) is 4.79 Å². The molecule has 0 aliphatic rings. The summed E-state index contributed by atoms with van der Waals surface area (Å²) in [7, 11) is 1.04. The van der Waals surface area contributed by atoms with Crippen molar-refractivity contribution in [3.63, 3.8) is 0 Å². The molecule has 0 spiro atoms. The van der Waals surface area contributed by atoms with E-state index in [1.807, 2.05) is 0 Å². The number of alkyl halides is 3. The predicted octanol–water partition coefficient (Wildman–Crippen LogP) is 1.25. The van der Waals surface area contributed by atoms with Crippen molar-refractivity contribution in [1.29, 1.82) is 0 Å². The molecule has 0 rings (SSSR count). The van der Waals surface area contributed by atoms with Crippen LogP contribution in [-0.2, 0) is 14.3 Å². The van der Waals surface area contributed by atoms with Gasteiger partial charge in [-0.25, -0.2) is 4.79 Å². The van der Waals surface area contributed by atoms with Crippen LogP contribution in [0.15, 0.2) is 0 Å². The second kappa shape index (κ2) is 4.71. The molecular formula is C9H14F3NO3. The molecule has 1 amide bonds. The van der Waals surface area contributed by atoms with Crippen LogP contribution in [0.5, 0.6) is 0 Å². The van der Waals surface area contributed by atoms with Crippen LogP contribution in [0.25, 0.3) is 0 Å². The van der Waals surface area contributed by atoms with Gasteiger partial charge < -0.3 is 10.1 Å². The van der Waals surface area contributed by atoms with Crippen molar-refractivity contribution in [2.75, 3.05) is 7.11 Å². The van der Waals surface area contributed by atoms with Gasteiger partial charge in [-0.15, -0.1) is 0 Å². The van der Waals surface area contributed by atoms with Gasteiger partial charge in [-0.05, 0) is 5.41 Å². The Balaban J connectivity index is 4.84. The Morgan fingerprint density at radius 1 is 1.19 bits per heavy atom. The van der Waals surface area contributed by atoms with E-state index in [1.54, 1.807) is 5.32 Å². The van der Waals surface area contributed by atoms with E-state index in [1.165, 1.54) is 20.8 Å². The minimum Gasteiger partial charge on any atom is -0.467 e. The third kappa shape index (κ3) is 4.08. The standard InChI is InChI=1S/C9H14F3NO3/c1-8(2,3)5(6(14)16-4)13-7(15)9(10,11)12/h5H,1-4H3,(H,13,15). The van der Waals surface area contributed by atoms with Gasteiger partial charge in [0.1, 0.15) is 6.04 Å². The zero-order valence-corrected chi connectivity index (χ0v) is 9.44. The lowest BCUT2D eigenvalue weighted by Crippen LogP contribution is -2.53. The SMILES string of the molecule is COC(=O)C(NC(=O)C(F)(F)F)C(C)(C)C. The van der Waals surface area contributed by atoms with Crippen LogP contribution < -0.4 is 5.32 Å². The lowest BCUT2D eigenvalue weighted by Gasteiger charge is -2.29. The van der Waals surface area contributed by atoms with Crippen LogP contribution in [0, 0.1) is 5.41 Å². The number of rotatable bonds is 2. The highest BCUT2D eigenvalue weighted by Crippen LogP contribution is 2.22. The molecule has 7 heteroatoms. The molecule has 0 aromatic carbocycles. The normalized spacial score (nSPS) is 14.2. The highest BCUT2D eigenvalue weighted by Gasteiger charge is 2.43. The first-order chi connectivity index (χ1) is 7.00. The molecule has 1 unspecified atom stereocenters. The van der Waals surface area contributed by atoms with E-state index < -0.39 is 29.5 Å². The summed E-state index contributed by atoms with van der Waals surface area (Å²) < 4.78 is 40.3. The van der Waals surface area contributed by atoms with Gasteiger partial charge in [0.2, 0.25) is 0 Å². The third-order valence-electron chi connectivity index (χ3n) is 1.84. The minimum atomic E-state index is -5.02. The lowest BCUT2D eigenvalue weighted by molar-refractivity contribution is -0.176. The summed E-state index contributed by atoms with van der Waals surface area (Å²) in [5, 5.41) is 1.61. The number of ether oxygens (including phenoxy) is 1. The molecule has 0 saturated carbocycles. The quantitative estimate of drug-likeness (QED) is 0.740. The molecule has 0 bridgehead atoms. The van der Waals surface area contributed by atoms with Crippen LogP contribution in [-0.4, -0.2) is 31.2 Å². The minimum absolute atomic E-state index is 0.867. The number of hydrogen-bond donors (Lipinski definition) is 1. The Bertz CT molecular complexity index is 281. The maximum atomic E-state index is 12.0. The van der Waals surface area contributed by atoms with E-state index in [-0.39, 0.29) is 0 Å². The van der Waals surface area contributed by atoms with Crippen molar-refractivity contribution in [3.8, 4) is 0 Å². The second-order valence-corrected chi connectivity index (χ2v) is 4.29. The number of carbonyl (C=O) groups is 2. The van der Waals surface area contributed by atoms with E-state index in [0.29, 0.717) is 0 Å². The van der Waals surface area contributed by atoms with Gasteiger partial charge in [0.05, 0.1) is 7.11 Å². The zero-order valence-electron chi connectivity index (χ0n) is 9.44. The van der Waals surface area contributed by atoms with Gasteiger partial charge >= 0.3 is 18.1 Å². The summed E-state index contributed by atoms with van der Waals surface area (Å²) in [5.41, 5.74) is -0.867. The third-order valence-corrected chi connectivity index (χ3v) is 1.84. The van der Waals surface area contributed by atoms with Crippen LogP contribution in [0.3, 0.4) is 0 Å². The molecule has 0 fully saturated rings. The number of hydrogen-bond acceptors (Lipinski definition) is 3. The summed E-state index contributed by atoms with van der Waals surface area (Å²) in [6, 6.07) is -1.34.